The first-order valence-corrected chi connectivity index (χ1v) is 6.82. The Hall–Kier alpha value is -1.00. The average Bonchev–Trinajstić information content (AvgIpc) is 2.69. The van der Waals surface area contributed by atoms with Crippen molar-refractivity contribution in [3.63, 3.8) is 0 Å². The van der Waals surface area contributed by atoms with Crippen molar-refractivity contribution in [1.29, 1.82) is 0 Å². The van der Waals surface area contributed by atoms with Gasteiger partial charge in [-0.3, -0.25) is 9.79 Å². The van der Waals surface area contributed by atoms with E-state index in [2.05, 4.69) is 10.3 Å². The molecule has 0 radical (unpaired) electrons. The maximum atomic E-state index is 11.4. The van der Waals surface area contributed by atoms with Gasteiger partial charge in [0.2, 0.25) is 5.91 Å². The van der Waals surface area contributed by atoms with E-state index in [0.717, 1.165) is 22.2 Å². The van der Waals surface area contributed by atoms with E-state index in [1.54, 1.807) is 11.8 Å². The fraction of sp³-hybridized carbons (Fsp3) is 0.333. The summed E-state index contributed by atoms with van der Waals surface area (Å²) in [5, 5.41) is 3.52. The van der Waals surface area contributed by atoms with E-state index in [-0.39, 0.29) is 11.9 Å². The summed E-state index contributed by atoms with van der Waals surface area (Å²) in [5.41, 5.74) is 0. The molecule has 1 unspecified atom stereocenters. The molecular formula is C12H13ClN2OS. The molecule has 0 bridgehead atoms. The third-order valence-corrected chi connectivity index (χ3v) is 4.00. The minimum absolute atomic E-state index is 0.00209. The zero-order chi connectivity index (χ0) is 12.3. The predicted octanol–water partition coefficient (Wildman–Crippen LogP) is 2.74. The number of carbonyl (C=O) groups excluding carboxylic acids is 1. The Kier molecular flexibility index (Phi) is 4.07. The smallest absolute Gasteiger partial charge is 0.250 e. The van der Waals surface area contributed by atoms with Crippen LogP contribution in [0.5, 0.6) is 0 Å². The zero-order valence-corrected chi connectivity index (χ0v) is 11.0. The molecule has 1 atom stereocenters. The molecule has 5 heteroatoms. The van der Waals surface area contributed by atoms with Crippen molar-refractivity contribution < 1.29 is 4.79 Å². The normalized spacial score (nSPS) is 19.1. The molecule has 1 aliphatic heterocycles. The van der Waals surface area contributed by atoms with Crippen LogP contribution >= 0.6 is 23.4 Å². The molecule has 0 saturated carbocycles. The Morgan fingerprint density at radius 3 is 2.88 bits per heavy atom. The molecule has 0 saturated heterocycles. The maximum absolute atomic E-state index is 11.4. The van der Waals surface area contributed by atoms with Crippen LogP contribution < -0.4 is 5.32 Å². The molecule has 2 rings (SSSR count). The van der Waals surface area contributed by atoms with Gasteiger partial charge >= 0.3 is 0 Å². The highest BCUT2D eigenvalue weighted by Gasteiger charge is 2.24. The second-order valence-electron chi connectivity index (χ2n) is 3.71. The van der Waals surface area contributed by atoms with Crippen LogP contribution in [0, 0.1) is 0 Å². The molecule has 1 aromatic rings. The molecule has 17 heavy (non-hydrogen) atoms. The summed E-state index contributed by atoms with van der Waals surface area (Å²) in [6, 6.07) is 7.44. The van der Waals surface area contributed by atoms with Crippen molar-refractivity contribution in [2.45, 2.75) is 24.3 Å². The van der Waals surface area contributed by atoms with Crippen molar-refractivity contribution in [2.24, 2.45) is 4.99 Å². The number of benzene rings is 1. The van der Waals surface area contributed by atoms with E-state index in [1.807, 2.05) is 31.2 Å². The van der Waals surface area contributed by atoms with Crippen molar-refractivity contribution in [3.8, 4) is 0 Å². The Labute approximate surface area is 110 Å². The third-order valence-electron chi connectivity index (χ3n) is 2.47. The number of thioether (sulfide) groups is 1. The first-order valence-electron chi connectivity index (χ1n) is 5.45. The van der Waals surface area contributed by atoms with Gasteiger partial charge < -0.3 is 5.32 Å². The van der Waals surface area contributed by atoms with E-state index in [0.29, 0.717) is 5.75 Å². The molecule has 1 aliphatic rings. The van der Waals surface area contributed by atoms with Crippen LogP contribution in [-0.2, 0) is 4.79 Å². The van der Waals surface area contributed by atoms with Crippen LogP contribution in [0.4, 0.5) is 0 Å². The minimum atomic E-state index is -0.211. The fourth-order valence-corrected chi connectivity index (χ4v) is 2.68. The van der Waals surface area contributed by atoms with Crippen LogP contribution in [0.3, 0.4) is 0 Å². The number of halogens is 1. The van der Waals surface area contributed by atoms with Gasteiger partial charge in [0, 0.05) is 4.90 Å². The van der Waals surface area contributed by atoms with Gasteiger partial charge in [0.1, 0.15) is 11.9 Å². The van der Waals surface area contributed by atoms with E-state index in [4.69, 9.17) is 11.6 Å². The van der Waals surface area contributed by atoms with Crippen LogP contribution in [0.1, 0.15) is 13.3 Å². The van der Waals surface area contributed by atoms with E-state index < -0.39 is 0 Å². The van der Waals surface area contributed by atoms with Gasteiger partial charge in [0.05, 0.1) is 10.8 Å². The second-order valence-corrected chi connectivity index (χ2v) is 5.13. The topological polar surface area (TPSA) is 41.5 Å². The summed E-state index contributed by atoms with van der Waals surface area (Å²) in [6.07, 6.45) is 0.742. The summed E-state index contributed by atoms with van der Waals surface area (Å²) in [4.78, 5) is 16.8. The lowest BCUT2D eigenvalue weighted by Crippen LogP contribution is -2.29. The highest BCUT2D eigenvalue weighted by atomic mass is 35.5. The Morgan fingerprint density at radius 1 is 1.47 bits per heavy atom. The molecule has 0 aromatic heterocycles. The molecule has 0 spiro atoms. The summed E-state index contributed by atoms with van der Waals surface area (Å²) < 4.78 is 0. The lowest BCUT2D eigenvalue weighted by Gasteiger charge is -2.03. The third kappa shape index (κ3) is 3.01. The van der Waals surface area contributed by atoms with Crippen LogP contribution in [0.25, 0.3) is 0 Å². The number of amides is 1. The number of nitrogens with zero attached hydrogens (tertiary/aromatic N) is 1. The predicted molar refractivity (Wildman–Crippen MR) is 71.8 cm³/mol. The monoisotopic (exact) mass is 268 g/mol. The van der Waals surface area contributed by atoms with Gasteiger partial charge in [-0.2, -0.15) is 0 Å². The van der Waals surface area contributed by atoms with Gasteiger partial charge in [-0.1, -0.05) is 30.7 Å². The van der Waals surface area contributed by atoms with Crippen molar-refractivity contribution in [2.75, 3.05) is 5.75 Å². The van der Waals surface area contributed by atoms with Crippen molar-refractivity contribution >= 4 is 35.1 Å². The van der Waals surface area contributed by atoms with Gasteiger partial charge in [0.25, 0.3) is 0 Å². The zero-order valence-electron chi connectivity index (χ0n) is 9.44. The molecule has 0 aliphatic carbocycles. The Morgan fingerprint density at radius 2 is 2.24 bits per heavy atom. The number of rotatable bonds is 4. The molecule has 1 heterocycles. The summed E-state index contributed by atoms with van der Waals surface area (Å²) in [7, 11) is 0. The van der Waals surface area contributed by atoms with E-state index in [9.17, 15) is 4.79 Å². The van der Waals surface area contributed by atoms with Crippen LogP contribution in [-0.4, -0.2) is 23.5 Å². The largest absolute Gasteiger partial charge is 0.312 e. The number of nitrogens with one attached hydrogen (secondary N) is 1. The molecule has 0 fully saturated rings. The van der Waals surface area contributed by atoms with Gasteiger partial charge in [-0.25, -0.2) is 0 Å². The number of amidine groups is 1. The SMILES string of the molecule is CCC1N=C(CSc2ccccc2Cl)NC1=O. The van der Waals surface area contributed by atoms with Gasteiger partial charge in [0.15, 0.2) is 0 Å². The molecule has 1 aromatic carbocycles. The molecular weight excluding hydrogens is 256 g/mol. The van der Waals surface area contributed by atoms with Crippen LogP contribution in [0.2, 0.25) is 5.02 Å². The Bertz CT molecular complexity index is 462. The number of aliphatic imine (C=N–C) groups is 1. The highest BCUT2D eigenvalue weighted by molar-refractivity contribution is 8.00. The number of hydrogen-bond donors (Lipinski definition) is 1. The average molecular weight is 269 g/mol. The standard InChI is InChI=1S/C12H13ClN2OS/c1-2-9-12(16)15-11(14-9)7-17-10-6-4-3-5-8(10)13/h3-6,9H,2,7H2,1H3,(H,14,15,16). The van der Waals surface area contributed by atoms with Gasteiger partial charge in [-0.15, -0.1) is 11.8 Å². The van der Waals surface area contributed by atoms with Crippen LogP contribution in [0.15, 0.2) is 34.2 Å². The summed E-state index contributed by atoms with van der Waals surface area (Å²) in [5.74, 6) is 1.39. The molecule has 3 nitrogen and oxygen atoms in total. The highest BCUT2D eigenvalue weighted by Crippen LogP contribution is 2.26. The first kappa shape index (κ1) is 12.5. The second kappa shape index (κ2) is 5.56. The Balaban J connectivity index is 1.96. The lowest BCUT2D eigenvalue weighted by atomic mass is 10.2. The lowest BCUT2D eigenvalue weighted by molar-refractivity contribution is -0.120. The van der Waals surface area contributed by atoms with Gasteiger partial charge in [-0.05, 0) is 18.6 Å². The first-order chi connectivity index (χ1) is 8.20. The maximum Gasteiger partial charge on any atom is 0.250 e. The van der Waals surface area contributed by atoms with Crippen molar-refractivity contribution in [3.05, 3.63) is 29.3 Å². The van der Waals surface area contributed by atoms with Crippen molar-refractivity contribution in [1.82, 2.24) is 5.32 Å². The number of hydrogen-bond acceptors (Lipinski definition) is 3. The number of carbonyl (C=O) groups is 1. The molecule has 1 N–H and O–H groups in total. The van der Waals surface area contributed by atoms with E-state index >= 15 is 0 Å². The summed E-state index contributed by atoms with van der Waals surface area (Å²) in [6.45, 7) is 1.96. The molecule has 90 valence electrons. The minimum Gasteiger partial charge on any atom is -0.312 e. The fourth-order valence-electron chi connectivity index (χ4n) is 1.56. The quantitative estimate of drug-likeness (QED) is 0.853. The summed E-state index contributed by atoms with van der Waals surface area (Å²) >= 11 is 7.63. The molecule has 1 amide bonds. The van der Waals surface area contributed by atoms with E-state index in [1.165, 1.54) is 0 Å².